The van der Waals surface area contributed by atoms with Crippen molar-refractivity contribution in [1.82, 2.24) is 15.1 Å². The first-order valence-electron chi connectivity index (χ1n) is 10.5. The van der Waals surface area contributed by atoms with Crippen molar-refractivity contribution >= 4 is 5.91 Å². The summed E-state index contributed by atoms with van der Waals surface area (Å²) in [4.78, 5) is 12.7. The Labute approximate surface area is 161 Å². The molecule has 4 nitrogen and oxygen atoms in total. The number of carbonyl (C=O) groups is 1. The average Bonchev–Trinajstić information content (AvgIpc) is 3.09. The van der Waals surface area contributed by atoms with Gasteiger partial charge in [-0.2, -0.15) is 5.10 Å². The summed E-state index contributed by atoms with van der Waals surface area (Å²) in [6.45, 7) is 2.25. The summed E-state index contributed by atoms with van der Waals surface area (Å²) in [7, 11) is 0. The van der Waals surface area contributed by atoms with Gasteiger partial charge in [-0.1, -0.05) is 18.2 Å². The molecule has 1 aromatic heterocycles. The number of nitrogens with zero attached hydrogens (tertiary/aromatic N) is 2. The standard InChI is InChI=1S/C23H29N3O/c1-16(23-11-17-7-18(12-23)9-19(8-17)13-23)25-22(27)10-20-14-24-26(15-20)21-5-3-2-4-6-21/h2-6,14-19H,7-13H2,1H3,(H,25,27). The molecule has 0 radical (unpaired) electrons. The van der Waals surface area contributed by atoms with E-state index in [0.29, 0.717) is 11.8 Å². The van der Waals surface area contributed by atoms with Crippen LogP contribution in [0, 0.1) is 23.2 Å². The molecule has 27 heavy (non-hydrogen) atoms. The molecule has 2 aromatic rings. The van der Waals surface area contributed by atoms with E-state index in [2.05, 4.69) is 17.3 Å². The van der Waals surface area contributed by atoms with E-state index in [1.54, 1.807) is 0 Å². The third-order valence-electron chi connectivity index (χ3n) is 7.40. The second kappa shape index (κ2) is 6.50. The Kier molecular flexibility index (Phi) is 4.10. The molecular formula is C23H29N3O. The topological polar surface area (TPSA) is 46.9 Å². The average molecular weight is 364 g/mol. The lowest BCUT2D eigenvalue weighted by Gasteiger charge is -2.59. The molecule has 6 rings (SSSR count). The Morgan fingerprint density at radius 2 is 1.78 bits per heavy atom. The van der Waals surface area contributed by atoms with E-state index in [9.17, 15) is 4.79 Å². The van der Waals surface area contributed by atoms with Crippen LogP contribution in [0.1, 0.15) is 51.0 Å². The Bertz CT molecular complexity index is 790. The number of benzene rings is 1. The molecule has 1 atom stereocenters. The molecular weight excluding hydrogens is 334 g/mol. The van der Waals surface area contributed by atoms with Crippen LogP contribution in [-0.4, -0.2) is 21.7 Å². The van der Waals surface area contributed by atoms with Crippen LogP contribution in [0.15, 0.2) is 42.7 Å². The summed E-state index contributed by atoms with van der Waals surface area (Å²) in [5.74, 6) is 2.88. The highest BCUT2D eigenvalue weighted by Gasteiger charge is 2.53. The zero-order valence-electron chi connectivity index (χ0n) is 16.1. The van der Waals surface area contributed by atoms with Crippen LogP contribution in [0.3, 0.4) is 0 Å². The number of nitrogens with one attached hydrogen (secondary N) is 1. The van der Waals surface area contributed by atoms with Crippen LogP contribution in [0.25, 0.3) is 5.69 Å². The fourth-order valence-electron chi connectivity index (χ4n) is 6.51. The minimum atomic E-state index is 0.130. The van der Waals surface area contributed by atoms with Crippen molar-refractivity contribution in [2.45, 2.75) is 57.9 Å². The molecule has 4 aliphatic carbocycles. The van der Waals surface area contributed by atoms with Gasteiger partial charge in [0.2, 0.25) is 5.91 Å². The van der Waals surface area contributed by atoms with Crippen LogP contribution >= 0.6 is 0 Å². The van der Waals surface area contributed by atoms with Gasteiger partial charge in [0, 0.05) is 12.2 Å². The van der Waals surface area contributed by atoms with Gasteiger partial charge < -0.3 is 5.32 Å². The van der Waals surface area contributed by atoms with Crippen molar-refractivity contribution < 1.29 is 4.79 Å². The smallest absolute Gasteiger partial charge is 0.224 e. The monoisotopic (exact) mass is 363 g/mol. The molecule has 1 aromatic carbocycles. The Morgan fingerprint density at radius 3 is 2.41 bits per heavy atom. The molecule has 1 heterocycles. The minimum Gasteiger partial charge on any atom is -0.353 e. The lowest BCUT2D eigenvalue weighted by Crippen LogP contribution is -2.56. The van der Waals surface area contributed by atoms with Gasteiger partial charge in [-0.05, 0) is 86.3 Å². The van der Waals surface area contributed by atoms with Gasteiger partial charge in [-0.15, -0.1) is 0 Å². The summed E-state index contributed by atoms with van der Waals surface area (Å²) in [5.41, 5.74) is 2.35. The third-order valence-corrected chi connectivity index (χ3v) is 7.40. The molecule has 1 N–H and O–H groups in total. The fraction of sp³-hybridized carbons (Fsp3) is 0.565. The highest BCUT2D eigenvalue weighted by atomic mass is 16.1. The molecule has 4 heteroatoms. The van der Waals surface area contributed by atoms with E-state index in [1.165, 1.54) is 38.5 Å². The van der Waals surface area contributed by atoms with Crippen LogP contribution in [0.2, 0.25) is 0 Å². The van der Waals surface area contributed by atoms with Crippen LogP contribution in [0.5, 0.6) is 0 Å². The maximum absolute atomic E-state index is 12.7. The van der Waals surface area contributed by atoms with Crippen molar-refractivity contribution in [2.75, 3.05) is 0 Å². The maximum atomic E-state index is 12.7. The number of aromatic nitrogens is 2. The molecule has 142 valence electrons. The zero-order chi connectivity index (χ0) is 18.4. The van der Waals surface area contributed by atoms with E-state index in [4.69, 9.17) is 0 Å². The van der Waals surface area contributed by atoms with Gasteiger partial charge in [0.1, 0.15) is 0 Å². The Hall–Kier alpha value is -2.10. The first kappa shape index (κ1) is 17.0. The predicted molar refractivity (Wildman–Crippen MR) is 105 cm³/mol. The minimum absolute atomic E-state index is 0.130. The summed E-state index contributed by atoms with van der Waals surface area (Å²) >= 11 is 0. The van der Waals surface area contributed by atoms with Gasteiger partial charge in [-0.25, -0.2) is 4.68 Å². The highest BCUT2D eigenvalue weighted by Crippen LogP contribution is 2.61. The quantitative estimate of drug-likeness (QED) is 0.868. The second-order valence-electron chi connectivity index (χ2n) is 9.37. The van der Waals surface area contributed by atoms with Gasteiger partial charge in [0.15, 0.2) is 0 Å². The normalized spacial score (nSPS) is 32.4. The van der Waals surface area contributed by atoms with Crippen molar-refractivity contribution in [3.05, 3.63) is 48.3 Å². The lowest BCUT2D eigenvalue weighted by atomic mass is 9.48. The fourth-order valence-corrected chi connectivity index (χ4v) is 6.51. The number of para-hydroxylation sites is 1. The summed E-state index contributed by atoms with van der Waals surface area (Å²) in [6.07, 6.45) is 12.5. The third kappa shape index (κ3) is 3.19. The molecule has 1 amide bonds. The van der Waals surface area contributed by atoms with Gasteiger partial charge >= 0.3 is 0 Å². The SMILES string of the molecule is CC(NC(=O)Cc1cnn(-c2ccccc2)c1)C12CC3CC(CC(C3)C1)C2. The Morgan fingerprint density at radius 1 is 1.15 bits per heavy atom. The van der Waals surface area contributed by atoms with Crippen molar-refractivity contribution in [3.8, 4) is 5.69 Å². The van der Waals surface area contributed by atoms with Gasteiger partial charge in [0.05, 0.1) is 18.3 Å². The molecule has 0 saturated heterocycles. The molecule has 4 fully saturated rings. The molecule has 4 bridgehead atoms. The van der Waals surface area contributed by atoms with Gasteiger partial charge in [-0.3, -0.25) is 4.79 Å². The number of hydrogen-bond acceptors (Lipinski definition) is 2. The van der Waals surface area contributed by atoms with Crippen molar-refractivity contribution in [3.63, 3.8) is 0 Å². The number of hydrogen-bond donors (Lipinski definition) is 1. The van der Waals surface area contributed by atoms with Crippen LogP contribution in [0.4, 0.5) is 0 Å². The van der Waals surface area contributed by atoms with E-state index in [1.807, 2.05) is 47.4 Å². The molecule has 0 spiro atoms. The predicted octanol–water partition coefficient (Wildman–Crippen LogP) is 4.14. The van der Waals surface area contributed by atoms with Crippen molar-refractivity contribution in [2.24, 2.45) is 23.2 Å². The molecule has 4 aliphatic rings. The van der Waals surface area contributed by atoms with Crippen molar-refractivity contribution in [1.29, 1.82) is 0 Å². The molecule has 4 saturated carbocycles. The van der Waals surface area contributed by atoms with Crippen LogP contribution in [-0.2, 0) is 11.2 Å². The second-order valence-corrected chi connectivity index (χ2v) is 9.37. The maximum Gasteiger partial charge on any atom is 0.224 e. The van der Waals surface area contributed by atoms with E-state index < -0.39 is 0 Å². The summed E-state index contributed by atoms with van der Waals surface area (Å²) < 4.78 is 1.84. The first-order valence-corrected chi connectivity index (χ1v) is 10.5. The van der Waals surface area contributed by atoms with E-state index >= 15 is 0 Å². The van der Waals surface area contributed by atoms with E-state index in [-0.39, 0.29) is 11.9 Å². The summed E-state index contributed by atoms with van der Waals surface area (Å²) in [5, 5.41) is 7.77. The lowest BCUT2D eigenvalue weighted by molar-refractivity contribution is -0.125. The number of amides is 1. The summed E-state index contributed by atoms with van der Waals surface area (Å²) in [6, 6.07) is 10.3. The molecule has 0 aliphatic heterocycles. The Balaban J connectivity index is 1.23. The highest BCUT2D eigenvalue weighted by molar-refractivity contribution is 5.78. The van der Waals surface area contributed by atoms with Gasteiger partial charge in [0.25, 0.3) is 0 Å². The number of carbonyl (C=O) groups excluding carboxylic acids is 1. The number of rotatable bonds is 5. The molecule has 1 unspecified atom stereocenters. The zero-order valence-corrected chi connectivity index (χ0v) is 16.1. The first-order chi connectivity index (χ1) is 13.1. The largest absolute Gasteiger partial charge is 0.353 e. The van der Waals surface area contributed by atoms with Crippen LogP contribution < -0.4 is 5.32 Å². The van der Waals surface area contributed by atoms with E-state index in [0.717, 1.165) is 29.0 Å².